The van der Waals surface area contributed by atoms with Gasteiger partial charge in [0.2, 0.25) is 0 Å². The molecule has 0 radical (unpaired) electrons. The summed E-state index contributed by atoms with van der Waals surface area (Å²) in [6, 6.07) is 5.86. The summed E-state index contributed by atoms with van der Waals surface area (Å²) in [5.41, 5.74) is 7.36. The van der Waals surface area contributed by atoms with Crippen LogP contribution >= 0.6 is 11.6 Å². The van der Waals surface area contributed by atoms with Crippen LogP contribution in [0, 0.1) is 11.8 Å². The van der Waals surface area contributed by atoms with E-state index in [-0.39, 0.29) is 12.1 Å². The van der Waals surface area contributed by atoms with Crippen molar-refractivity contribution in [1.82, 2.24) is 0 Å². The lowest BCUT2D eigenvalue weighted by molar-refractivity contribution is 0.0703. The third kappa shape index (κ3) is 2.75. The molecule has 1 aromatic carbocycles. The van der Waals surface area contributed by atoms with Gasteiger partial charge in [-0.25, -0.2) is 0 Å². The summed E-state index contributed by atoms with van der Waals surface area (Å²) in [5, 5.41) is 0.739. The molecule has 2 aliphatic rings. The molecule has 1 heterocycles. The Morgan fingerprint density at radius 1 is 1.21 bits per heavy atom. The molecule has 1 fully saturated rings. The first-order chi connectivity index (χ1) is 9.13. The fraction of sp³-hybridized carbons (Fsp3) is 0.625. The van der Waals surface area contributed by atoms with Crippen LogP contribution in [0.2, 0.25) is 5.02 Å². The molecular formula is C16H22ClNO. The summed E-state index contributed by atoms with van der Waals surface area (Å²) in [6.45, 7) is 2.35. The molecule has 3 rings (SSSR count). The van der Waals surface area contributed by atoms with E-state index >= 15 is 0 Å². The van der Waals surface area contributed by atoms with Gasteiger partial charge < -0.3 is 10.5 Å². The number of benzene rings is 1. The van der Waals surface area contributed by atoms with E-state index in [4.69, 9.17) is 22.1 Å². The molecule has 1 aromatic rings. The molecule has 0 amide bonds. The fourth-order valence-corrected chi connectivity index (χ4v) is 3.63. The van der Waals surface area contributed by atoms with Crippen molar-refractivity contribution in [1.29, 1.82) is 0 Å². The van der Waals surface area contributed by atoms with Gasteiger partial charge in [-0.15, -0.1) is 0 Å². The molecule has 0 bridgehead atoms. The quantitative estimate of drug-likeness (QED) is 0.831. The first-order valence-electron chi connectivity index (χ1n) is 7.35. The van der Waals surface area contributed by atoms with E-state index in [1.165, 1.54) is 25.7 Å². The monoisotopic (exact) mass is 279 g/mol. The Bertz CT molecular complexity index is 454. The summed E-state index contributed by atoms with van der Waals surface area (Å²) in [4.78, 5) is 0. The summed E-state index contributed by atoms with van der Waals surface area (Å²) in [6.07, 6.45) is 6.42. The molecule has 19 heavy (non-hydrogen) atoms. The van der Waals surface area contributed by atoms with Crippen molar-refractivity contribution in [2.75, 3.05) is 0 Å². The minimum Gasteiger partial charge on any atom is -0.490 e. The minimum absolute atomic E-state index is 0.0619. The van der Waals surface area contributed by atoms with Gasteiger partial charge in [-0.05, 0) is 42.9 Å². The van der Waals surface area contributed by atoms with Crippen molar-refractivity contribution in [3.63, 3.8) is 0 Å². The number of fused-ring (bicyclic) bond motifs is 1. The van der Waals surface area contributed by atoms with Crippen molar-refractivity contribution in [3.8, 4) is 5.75 Å². The minimum atomic E-state index is 0.0619. The highest BCUT2D eigenvalue weighted by molar-refractivity contribution is 6.30. The third-order valence-corrected chi connectivity index (χ3v) is 4.96. The van der Waals surface area contributed by atoms with Crippen LogP contribution in [0.15, 0.2) is 18.2 Å². The molecule has 0 spiro atoms. The zero-order chi connectivity index (χ0) is 13.4. The van der Waals surface area contributed by atoms with Crippen LogP contribution in [0.25, 0.3) is 0 Å². The number of halogens is 1. The molecule has 1 aliphatic heterocycles. The molecule has 1 saturated carbocycles. The highest BCUT2D eigenvalue weighted by Crippen LogP contribution is 2.41. The summed E-state index contributed by atoms with van der Waals surface area (Å²) < 4.78 is 6.19. The lowest BCUT2D eigenvalue weighted by atomic mass is 9.77. The summed E-state index contributed by atoms with van der Waals surface area (Å²) in [5.74, 6) is 2.48. The maximum absolute atomic E-state index is 6.30. The normalized spacial score (nSPS) is 34.5. The highest BCUT2D eigenvalue weighted by Gasteiger charge is 2.33. The fourth-order valence-electron chi connectivity index (χ4n) is 3.45. The number of hydrogen-bond acceptors (Lipinski definition) is 2. The van der Waals surface area contributed by atoms with E-state index in [9.17, 15) is 0 Å². The summed E-state index contributed by atoms with van der Waals surface area (Å²) in [7, 11) is 0. The Morgan fingerprint density at radius 3 is 2.68 bits per heavy atom. The van der Waals surface area contributed by atoms with E-state index in [2.05, 4.69) is 6.92 Å². The second-order valence-corrected chi connectivity index (χ2v) is 6.64. The van der Waals surface area contributed by atoms with Crippen molar-refractivity contribution in [3.05, 3.63) is 28.8 Å². The lowest BCUT2D eigenvalue weighted by Gasteiger charge is -2.38. The zero-order valence-corrected chi connectivity index (χ0v) is 12.2. The Morgan fingerprint density at radius 2 is 1.95 bits per heavy atom. The molecule has 2 atom stereocenters. The predicted octanol–water partition coefficient (Wildman–Crippen LogP) is 4.32. The van der Waals surface area contributed by atoms with Crippen molar-refractivity contribution in [2.45, 2.75) is 51.2 Å². The van der Waals surface area contributed by atoms with Crippen LogP contribution in [0.1, 0.15) is 50.6 Å². The van der Waals surface area contributed by atoms with Crippen LogP contribution in [-0.2, 0) is 0 Å². The van der Waals surface area contributed by atoms with Crippen molar-refractivity contribution < 1.29 is 4.74 Å². The smallest absolute Gasteiger partial charge is 0.124 e. The summed E-state index contributed by atoms with van der Waals surface area (Å²) >= 11 is 6.03. The largest absolute Gasteiger partial charge is 0.490 e. The molecule has 0 saturated heterocycles. The van der Waals surface area contributed by atoms with Gasteiger partial charge in [0, 0.05) is 23.0 Å². The van der Waals surface area contributed by atoms with Crippen LogP contribution in [0.5, 0.6) is 5.75 Å². The molecule has 1 aliphatic carbocycles. The van der Waals surface area contributed by atoms with Gasteiger partial charge in [0.15, 0.2) is 0 Å². The Labute approximate surface area is 120 Å². The van der Waals surface area contributed by atoms with Crippen molar-refractivity contribution >= 4 is 11.6 Å². The van der Waals surface area contributed by atoms with Gasteiger partial charge >= 0.3 is 0 Å². The number of rotatable bonds is 1. The number of ether oxygens (including phenoxy) is 1. The molecule has 1 unspecified atom stereocenters. The van der Waals surface area contributed by atoms with Gasteiger partial charge in [-0.3, -0.25) is 0 Å². The van der Waals surface area contributed by atoms with Gasteiger partial charge in [0.25, 0.3) is 0 Å². The first kappa shape index (κ1) is 13.3. The van der Waals surface area contributed by atoms with Gasteiger partial charge in [0.05, 0.1) is 0 Å². The molecule has 0 aromatic heterocycles. The molecule has 2 N–H and O–H groups in total. The third-order valence-electron chi connectivity index (χ3n) is 4.72. The Balaban J connectivity index is 1.75. The SMILES string of the molecule is CC1CCC(C2C[C@H](N)c3cc(Cl)ccc3O2)CC1. The number of nitrogens with two attached hydrogens (primary N) is 1. The van der Waals surface area contributed by atoms with Crippen LogP contribution in [0.3, 0.4) is 0 Å². The maximum Gasteiger partial charge on any atom is 0.124 e. The second-order valence-electron chi connectivity index (χ2n) is 6.20. The van der Waals surface area contributed by atoms with E-state index in [1.54, 1.807) is 0 Å². The van der Waals surface area contributed by atoms with E-state index < -0.39 is 0 Å². The van der Waals surface area contributed by atoms with E-state index in [0.717, 1.165) is 28.7 Å². The molecule has 104 valence electrons. The molecular weight excluding hydrogens is 258 g/mol. The van der Waals surface area contributed by atoms with Gasteiger partial charge in [-0.1, -0.05) is 31.4 Å². The standard InChI is InChI=1S/C16H22ClNO/c1-10-2-4-11(5-3-10)16-9-14(18)13-8-12(17)6-7-15(13)19-16/h6-8,10-11,14,16H,2-5,9,18H2,1H3/t10?,11?,14-,16?/m0/s1. The van der Waals surface area contributed by atoms with Crippen LogP contribution in [0.4, 0.5) is 0 Å². The average Bonchev–Trinajstić information content (AvgIpc) is 2.40. The van der Waals surface area contributed by atoms with E-state index in [0.29, 0.717) is 5.92 Å². The molecule has 2 nitrogen and oxygen atoms in total. The predicted molar refractivity (Wildman–Crippen MR) is 78.5 cm³/mol. The Kier molecular flexibility index (Phi) is 3.72. The maximum atomic E-state index is 6.30. The topological polar surface area (TPSA) is 35.2 Å². The molecule has 3 heteroatoms. The highest BCUT2D eigenvalue weighted by atomic mass is 35.5. The van der Waals surface area contributed by atoms with Crippen LogP contribution < -0.4 is 10.5 Å². The van der Waals surface area contributed by atoms with Crippen molar-refractivity contribution in [2.24, 2.45) is 17.6 Å². The van der Waals surface area contributed by atoms with Gasteiger partial charge in [0.1, 0.15) is 11.9 Å². The van der Waals surface area contributed by atoms with Gasteiger partial charge in [-0.2, -0.15) is 0 Å². The lowest BCUT2D eigenvalue weighted by Crippen LogP contribution is -2.36. The number of hydrogen-bond donors (Lipinski definition) is 1. The zero-order valence-electron chi connectivity index (χ0n) is 11.4. The Hall–Kier alpha value is -0.730. The average molecular weight is 280 g/mol. The van der Waals surface area contributed by atoms with Crippen LogP contribution in [-0.4, -0.2) is 6.10 Å². The first-order valence-corrected chi connectivity index (χ1v) is 7.73. The van der Waals surface area contributed by atoms with E-state index in [1.807, 2.05) is 18.2 Å². The second kappa shape index (κ2) is 5.34.